The number of ether oxygens (including phenoxy) is 4. The van der Waals surface area contributed by atoms with Crippen LogP contribution in [0, 0.1) is 0 Å². The second-order valence-corrected chi connectivity index (χ2v) is 8.87. The summed E-state index contributed by atoms with van der Waals surface area (Å²) >= 11 is 6.28. The quantitative estimate of drug-likeness (QED) is 0.362. The predicted molar refractivity (Wildman–Crippen MR) is 132 cm³/mol. The van der Waals surface area contributed by atoms with Gasteiger partial charge in [0.05, 0.1) is 26.4 Å². The summed E-state index contributed by atoms with van der Waals surface area (Å²) in [6, 6.07) is 29.2. The van der Waals surface area contributed by atoms with Gasteiger partial charge in [0.15, 0.2) is 5.38 Å². The van der Waals surface area contributed by atoms with Crippen molar-refractivity contribution in [1.29, 1.82) is 0 Å². The largest absolute Gasteiger partial charge is 0.480 e. The van der Waals surface area contributed by atoms with E-state index < -0.39 is 35.8 Å². The Labute approximate surface area is 210 Å². The summed E-state index contributed by atoms with van der Waals surface area (Å²) < 4.78 is 24.6. The lowest BCUT2D eigenvalue weighted by Gasteiger charge is -2.26. The van der Waals surface area contributed by atoms with Crippen LogP contribution in [-0.2, 0) is 43.6 Å². The molecule has 4 rings (SSSR count). The molecule has 1 aliphatic heterocycles. The van der Waals surface area contributed by atoms with Gasteiger partial charge in [0.2, 0.25) is 0 Å². The van der Waals surface area contributed by atoms with Gasteiger partial charge in [-0.3, -0.25) is 4.79 Å². The monoisotopic (exact) mass is 496 g/mol. The van der Waals surface area contributed by atoms with Crippen LogP contribution in [0.15, 0.2) is 91.0 Å². The summed E-state index contributed by atoms with van der Waals surface area (Å²) in [6.45, 7) is 1.20. The van der Waals surface area contributed by atoms with Crippen molar-refractivity contribution in [3.63, 3.8) is 0 Å². The van der Waals surface area contributed by atoms with Gasteiger partial charge in [-0.25, -0.2) is 0 Å². The lowest BCUT2D eigenvalue weighted by molar-refractivity contribution is -0.142. The maximum atomic E-state index is 11.8. The average Bonchev–Trinajstić information content (AvgIpc) is 3.24. The zero-order valence-corrected chi connectivity index (χ0v) is 20.0. The first-order valence-corrected chi connectivity index (χ1v) is 12.0. The van der Waals surface area contributed by atoms with Gasteiger partial charge in [-0.2, -0.15) is 0 Å². The van der Waals surface area contributed by atoms with E-state index in [2.05, 4.69) is 0 Å². The molecule has 1 N–H and O–H groups in total. The van der Waals surface area contributed by atoms with Crippen LogP contribution >= 0.6 is 11.6 Å². The van der Waals surface area contributed by atoms with Crippen LogP contribution < -0.4 is 0 Å². The standard InChI is InChI=1S/C28H29ClO6/c29-24(28(30)31)26-27(34-18-22-14-8-3-9-15-22)25(33-17-21-12-6-2-7-13-21)23(35-26)19-32-16-20-10-4-1-5-11-20/h1-15,23-27H,16-19H2,(H,30,31)/t23-,24?,25-,26+,27-/m1/s1. The molecule has 1 fully saturated rings. The van der Waals surface area contributed by atoms with Crippen molar-refractivity contribution >= 4 is 17.6 Å². The molecule has 5 atom stereocenters. The molecule has 1 unspecified atom stereocenters. The van der Waals surface area contributed by atoms with E-state index in [1.807, 2.05) is 91.0 Å². The minimum Gasteiger partial charge on any atom is -0.480 e. The Morgan fingerprint density at radius 1 is 0.771 bits per heavy atom. The topological polar surface area (TPSA) is 74.2 Å². The Balaban J connectivity index is 1.51. The average molecular weight is 497 g/mol. The Morgan fingerprint density at radius 3 is 1.71 bits per heavy atom. The van der Waals surface area contributed by atoms with E-state index in [1.54, 1.807) is 0 Å². The molecular weight excluding hydrogens is 468 g/mol. The van der Waals surface area contributed by atoms with Gasteiger partial charge >= 0.3 is 5.97 Å². The zero-order valence-electron chi connectivity index (χ0n) is 19.2. The first-order chi connectivity index (χ1) is 17.1. The van der Waals surface area contributed by atoms with E-state index in [-0.39, 0.29) is 13.2 Å². The number of halogens is 1. The van der Waals surface area contributed by atoms with E-state index in [9.17, 15) is 9.90 Å². The molecule has 35 heavy (non-hydrogen) atoms. The van der Waals surface area contributed by atoms with Gasteiger partial charge in [-0.05, 0) is 16.7 Å². The molecule has 7 heteroatoms. The molecule has 6 nitrogen and oxygen atoms in total. The van der Waals surface area contributed by atoms with Gasteiger partial charge in [0, 0.05) is 0 Å². The fourth-order valence-corrected chi connectivity index (χ4v) is 4.26. The Bertz CT molecular complexity index is 1030. The normalized spacial score (nSPS) is 22.7. The smallest absolute Gasteiger partial charge is 0.324 e. The van der Waals surface area contributed by atoms with E-state index in [4.69, 9.17) is 30.5 Å². The highest BCUT2D eigenvalue weighted by molar-refractivity contribution is 6.30. The van der Waals surface area contributed by atoms with Gasteiger partial charge in [0.1, 0.15) is 24.4 Å². The molecule has 3 aromatic carbocycles. The van der Waals surface area contributed by atoms with Gasteiger partial charge in [-0.1, -0.05) is 91.0 Å². The van der Waals surface area contributed by atoms with Crippen LogP contribution in [0.25, 0.3) is 0 Å². The molecule has 0 bridgehead atoms. The van der Waals surface area contributed by atoms with Gasteiger partial charge < -0.3 is 24.1 Å². The van der Waals surface area contributed by atoms with Crippen LogP contribution in [0.3, 0.4) is 0 Å². The first kappa shape index (κ1) is 25.4. The molecule has 1 saturated heterocycles. The summed E-state index contributed by atoms with van der Waals surface area (Å²) in [5.74, 6) is -1.17. The van der Waals surface area contributed by atoms with Crippen LogP contribution in [0.5, 0.6) is 0 Å². The molecule has 0 spiro atoms. The minimum atomic E-state index is -1.29. The Hall–Kier alpha value is -2.74. The fraction of sp³-hybridized carbons (Fsp3) is 0.321. The van der Waals surface area contributed by atoms with Crippen molar-refractivity contribution in [3.8, 4) is 0 Å². The number of carboxylic acids is 1. The number of carbonyl (C=O) groups is 1. The van der Waals surface area contributed by atoms with Crippen molar-refractivity contribution in [1.82, 2.24) is 0 Å². The van der Waals surface area contributed by atoms with E-state index in [1.165, 1.54) is 0 Å². The molecule has 1 heterocycles. The highest BCUT2D eigenvalue weighted by atomic mass is 35.5. The summed E-state index contributed by atoms with van der Waals surface area (Å²) in [6.07, 6.45) is -2.71. The highest BCUT2D eigenvalue weighted by Gasteiger charge is 2.51. The third kappa shape index (κ3) is 7.13. The molecular formula is C28H29ClO6. The number of alkyl halides is 1. The van der Waals surface area contributed by atoms with Gasteiger partial charge in [0.25, 0.3) is 0 Å². The third-order valence-electron chi connectivity index (χ3n) is 5.83. The zero-order chi connectivity index (χ0) is 24.5. The number of hydrogen-bond donors (Lipinski definition) is 1. The molecule has 3 aromatic rings. The predicted octanol–water partition coefficient (Wildman–Crippen LogP) is 4.83. The fourth-order valence-electron chi connectivity index (χ4n) is 4.06. The lowest BCUT2D eigenvalue weighted by Crippen LogP contribution is -2.43. The summed E-state index contributed by atoms with van der Waals surface area (Å²) in [4.78, 5) is 11.8. The second kappa shape index (κ2) is 12.8. The number of aliphatic carboxylic acids is 1. The second-order valence-electron chi connectivity index (χ2n) is 8.40. The minimum absolute atomic E-state index is 0.208. The summed E-state index contributed by atoms with van der Waals surface area (Å²) in [7, 11) is 0. The third-order valence-corrected chi connectivity index (χ3v) is 6.27. The molecule has 0 amide bonds. The Morgan fingerprint density at radius 2 is 1.23 bits per heavy atom. The van der Waals surface area contributed by atoms with Gasteiger partial charge in [-0.15, -0.1) is 11.6 Å². The lowest BCUT2D eigenvalue weighted by atomic mass is 10.0. The van der Waals surface area contributed by atoms with E-state index in [0.717, 1.165) is 16.7 Å². The molecule has 0 radical (unpaired) electrons. The van der Waals surface area contributed by atoms with Crippen LogP contribution in [0.4, 0.5) is 0 Å². The van der Waals surface area contributed by atoms with Crippen molar-refractivity contribution in [2.75, 3.05) is 6.61 Å². The number of benzene rings is 3. The van der Waals surface area contributed by atoms with Crippen molar-refractivity contribution in [3.05, 3.63) is 108 Å². The Kier molecular flexibility index (Phi) is 9.28. The number of carboxylic acid groups (broad SMARTS) is 1. The summed E-state index contributed by atoms with van der Waals surface area (Å²) in [5, 5.41) is 8.32. The van der Waals surface area contributed by atoms with Crippen LogP contribution in [0.1, 0.15) is 16.7 Å². The highest BCUT2D eigenvalue weighted by Crippen LogP contribution is 2.32. The van der Waals surface area contributed by atoms with Crippen LogP contribution in [-0.4, -0.2) is 47.5 Å². The van der Waals surface area contributed by atoms with Crippen molar-refractivity contribution in [2.24, 2.45) is 0 Å². The number of hydrogen-bond acceptors (Lipinski definition) is 5. The molecule has 0 aromatic heterocycles. The molecule has 0 saturated carbocycles. The molecule has 184 valence electrons. The molecule has 0 aliphatic carbocycles. The van der Waals surface area contributed by atoms with Crippen molar-refractivity contribution in [2.45, 2.75) is 49.6 Å². The SMILES string of the molecule is O=C(O)C(Cl)[C@@H]1O[C@H](COCc2ccccc2)[C@@H](OCc2ccccc2)[C@H]1OCc1ccccc1. The van der Waals surface area contributed by atoms with E-state index >= 15 is 0 Å². The summed E-state index contributed by atoms with van der Waals surface area (Å²) in [5.41, 5.74) is 2.97. The van der Waals surface area contributed by atoms with E-state index in [0.29, 0.717) is 13.2 Å². The van der Waals surface area contributed by atoms with Crippen LogP contribution in [0.2, 0.25) is 0 Å². The molecule has 1 aliphatic rings. The maximum Gasteiger partial charge on any atom is 0.324 e. The first-order valence-electron chi connectivity index (χ1n) is 11.6. The number of rotatable bonds is 12. The van der Waals surface area contributed by atoms with Crippen molar-refractivity contribution < 1.29 is 28.8 Å². The maximum absolute atomic E-state index is 11.8.